The van der Waals surface area contributed by atoms with E-state index in [0.29, 0.717) is 27.4 Å². The number of anilines is 1. The Hall–Kier alpha value is -2.47. The predicted molar refractivity (Wildman–Crippen MR) is 129 cm³/mol. The first-order valence-corrected chi connectivity index (χ1v) is 11.0. The zero-order valence-electron chi connectivity index (χ0n) is 17.0. The van der Waals surface area contributed by atoms with Gasteiger partial charge in [-0.15, -0.1) is 0 Å². The van der Waals surface area contributed by atoms with Crippen molar-refractivity contribution in [1.29, 1.82) is 0 Å². The molecule has 0 saturated carbocycles. The molecule has 0 aromatic heterocycles. The molecule has 0 bridgehead atoms. The second-order valence-corrected chi connectivity index (χ2v) is 8.23. The molecule has 0 spiro atoms. The molecule has 1 aliphatic heterocycles. The van der Waals surface area contributed by atoms with Crippen LogP contribution in [0.5, 0.6) is 17.2 Å². The molecule has 0 N–H and O–H groups in total. The molecule has 3 aromatic rings. The molecule has 7 heteroatoms. The lowest BCUT2D eigenvalue weighted by Crippen LogP contribution is -2.60. The topological polar surface area (TPSA) is 30.9 Å². The van der Waals surface area contributed by atoms with Crippen LogP contribution in [0.25, 0.3) is 0 Å². The van der Waals surface area contributed by atoms with E-state index in [2.05, 4.69) is 4.90 Å². The highest BCUT2D eigenvalue weighted by Crippen LogP contribution is 2.44. The van der Waals surface area contributed by atoms with E-state index in [9.17, 15) is 0 Å². The number of methoxy groups -OCH3 is 1. The van der Waals surface area contributed by atoms with Crippen molar-refractivity contribution in [3.05, 3.63) is 82.3 Å². The average molecular weight is 474 g/mol. The number of benzene rings is 3. The standard InChI is InChI=1S/C24H21Cl2NO3S/c1-3-29-19-11-7-17(8-12-19)27-22(15-4-9-18(28-2)10-5-15)23(24(27)31)30-21-13-6-16(25)14-20(21)26/h4-14,22-23H,3H2,1-2H3/t22-,23+/m1/s1. The van der Waals surface area contributed by atoms with E-state index in [4.69, 9.17) is 49.6 Å². The van der Waals surface area contributed by atoms with Crippen LogP contribution < -0.4 is 19.1 Å². The quantitative estimate of drug-likeness (QED) is 0.354. The number of ether oxygens (including phenoxy) is 3. The van der Waals surface area contributed by atoms with Crippen LogP contribution in [0, 0.1) is 0 Å². The molecule has 0 aliphatic carbocycles. The fraction of sp³-hybridized carbons (Fsp3) is 0.208. The zero-order chi connectivity index (χ0) is 22.0. The smallest absolute Gasteiger partial charge is 0.174 e. The van der Waals surface area contributed by atoms with Gasteiger partial charge in [-0.2, -0.15) is 0 Å². The monoisotopic (exact) mass is 473 g/mol. The third-order valence-electron chi connectivity index (χ3n) is 5.08. The van der Waals surface area contributed by atoms with Crippen molar-refractivity contribution in [2.24, 2.45) is 0 Å². The van der Waals surface area contributed by atoms with Gasteiger partial charge in [0.2, 0.25) is 0 Å². The number of halogens is 2. The van der Waals surface area contributed by atoms with E-state index in [0.717, 1.165) is 22.7 Å². The van der Waals surface area contributed by atoms with Gasteiger partial charge >= 0.3 is 0 Å². The first kappa shape index (κ1) is 21.8. The minimum Gasteiger partial charge on any atom is -0.497 e. The second kappa shape index (κ2) is 9.35. The number of rotatable bonds is 7. The Balaban J connectivity index is 1.66. The summed E-state index contributed by atoms with van der Waals surface area (Å²) in [6.45, 7) is 2.58. The second-order valence-electron chi connectivity index (χ2n) is 6.97. The van der Waals surface area contributed by atoms with Crippen LogP contribution >= 0.6 is 35.4 Å². The Labute approximate surface area is 197 Å². The lowest BCUT2D eigenvalue weighted by Gasteiger charge is -2.49. The van der Waals surface area contributed by atoms with Crippen molar-refractivity contribution in [2.45, 2.75) is 19.1 Å². The summed E-state index contributed by atoms with van der Waals surface area (Å²) in [5, 5.41) is 1.000. The SMILES string of the molecule is CCOc1ccc(N2C(=S)[C@@H](Oc3ccc(Cl)cc3Cl)[C@H]2c2ccc(OC)cc2)cc1. The number of thiocarbonyl (C=S) groups is 1. The lowest BCUT2D eigenvalue weighted by atomic mass is 9.90. The molecule has 1 fully saturated rings. The molecule has 1 aliphatic rings. The lowest BCUT2D eigenvalue weighted by molar-refractivity contribution is 0.207. The maximum absolute atomic E-state index is 6.34. The number of nitrogens with zero attached hydrogens (tertiary/aromatic N) is 1. The van der Waals surface area contributed by atoms with E-state index >= 15 is 0 Å². The van der Waals surface area contributed by atoms with Crippen molar-refractivity contribution < 1.29 is 14.2 Å². The van der Waals surface area contributed by atoms with E-state index in [1.165, 1.54) is 0 Å². The molecule has 31 heavy (non-hydrogen) atoms. The largest absolute Gasteiger partial charge is 0.497 e. The van der Waals surface area contributed by atoms with Crippen LogP contribution in [-0.4, -0.2) is 24.8 Å². The van der Waals surface area contributed by atoms with Crippen molar-refractivity contribution in [3.63, 3.8) is 0 Å². The van der Waals surface area contributed by atoms with Gasteiger partial charge in [0.1, 0.15) is 28.3 Å². The molecule has 4 nitrogen and oxygen atoms in total. The van der Waals surface area contributed by atoms with Crippen LogP contribution in [0.2, 0.25) is 10.0 Å². The van der Waals surface area contributed by atoms with E-state index < -0.39 is 0 Å². The maximum Gasteiger partial charge on any atom is 0.174 e. The molecule has 0 radical (unpaired) electrons. The number of hydrogen-bond donors (Lipinski definition) is 0. The van der Waals surface area contributed by atoms with Crippen molar-refractivity contribution in [1.82, 2.24) is 0 Å². The number of hydrogen-bond acceptors (Lipinski definition) is 4. The summed E-state index contributed by atoms with van der Waals surface area (Å²) in [6, 6.07) is 20.8. The van der Waals surface area contributed by atoms with E-state index in [-0.39, 0.29) is 12.1 Å². The Morgan fingerprint density at radius 3 is 2.23 bits per heavy atom. The Kier molecular flexibility index (Phi) is 6.56. The third kappa shape index (κ3) is 4.45. The average Bonchev–Trinajstić information content (AvgIpc) is 2.78. The van der Waals surface area contributed by atoms with Crippen molar-refractivity contribution in [3.8, 4) is 17.2 Å². The van der Waals surface area contributed by atoms with Crippen LogP contribution in [-0.2, 0) is 0 Å². The highest BCUT2D eigenvalue weighted by atomic mass is 35.5. The summed E-state index contributed by atoms with van der Waals surface area (Å²) in [4.78, 5) is 2.76. The maximum atomic E-state index is 6.34. The summed E-state index contributed by atoms with van der Waals surface area (Å²) in [6.07, 6.45) is -0.353. The predicted octanol–water partition coefficient (Wildman–Crippen LogP) is 6.74. The third-order valence-corrected chi connectivity index (χ3v) is 6.04. The molecule has 0 amide bonds. The molecule has 1 heterocycles. The fourth-order valence-electron chi connectivity index (χ4n) is 3.57. The van der Waals surface area contributed by atoms with Gasteiger partial charge in [0.15, 0.2) is 6.10 Å². The molecular weight excluding hydrogens is 453 g/mol. The normalized spacial score (nSPS) is 17.8. The van der Waals surface area contributed by atoms with Crippen molar-refractivity contribution >= 4 is 46.1 Å². The molecule has 2 atom stereocenters. The molecular formula is C24H21Cl2NO3S. The van der Waals surface area contributed by atoms with E-state index in [1.807, 2.05) is 55.5 Å². The van der Waals surface area contributed by atoms with Crippen LogP contribution in [0.3, 0.4) is 0 Å². The molecule has 4 rings (SSSR count). The Morgan fingerprint density at radius 2 is 1.61 bits per heavy atom. The highest BCUT2D eigenvalue weighted by Gasteiger charge is 2.47. The van der Waals surface area contributed by atoms with E-state index in [1.54, 1.807) is 25.3 Å². The van der Waals surface area contributed by atoms with Gasteiger partial charge in [0.25, 0.3) is 0 Å². The fourth-order valence-corrected chi connectivity index (χ4v) is 4.42. The van der Waals surface area contributed by atoms with Crippen molar-refractivity contribution in [2.75, 3.05) is 18.6 Å². The highest BCUT2D eigenvalue weighted by molar-refractivity contribution is 7.80. The van der Waals surface area contributed by atoms with Gasteiger partial charge in [0, 0.05) is 10.7 Å². The summed E-state index contributed by atoms with van der Waals surface area (Å²) in [5.41, 5.74) is 2.02. The van der Waals surface area contributed by atoms with Gasteiger partial charge in [0.05, 0.1) is 18.7 Å². The minimum absolute atomic E-state index is 0.122. The van der Waals surface area contributed by atoms with Gasteiger partial charge in [-0.25, -0.2) is 0 Å². The zero-order valence-corrected chi connectivity index (χ0v) is 19.4. The summed E-state index contributed by atoms with van der Waals surface area (Å²) in [7, 11) is 1.65. The summed E-state index contributed by atoms with van der Waals surface area (Å²) < 4.78 is 17.1. The van der Waals surface area contributed by atoms with Crippen LogP contribution in [0.4, 0.5) is 5.69 Å². The van der Waals surface area contributed by atoms with Gasteiger partial charge in [-0.05, 0) is 67.1 Å². The Bertz CT molecular complexity index is 1070. The van der Waals surface area contributed by atoms with Gasteiger partial charge in [-0.1, -0.05) is 47.6 Å². The molecule has 1 saturated heterocycles. The minimum atomic E-state index is -0.353. The van der Waals surface area contributed by atoms with Gasteiger partial charge in [-0.3, -0.25) is 0 Å². The molecule has 160 valence electrons. The Morgan fingerprint density at radius 1 is 0.935 bits per heavy atom. The van der Waals surface area contributed by atoms with Crippen LogP contribution in [0.1, 0.15) is 18.5 Å². The first-order chi connectivity index (χ1) is 15.0. The summed E-state index contributed by atoms with van der Waals surface area (Å²) >= 11 is 18.1. The first-order valence-electron chi connectivity index (χ1n) is 9.83. The van der Waals surface area contributed by atoms with Gasteiger partial charge < -0.3 is 19.1 Å². The molecule has 0 unspecified atom stereocenters. The summed E-state index contributed by atoms with van der Waals surface area (Å²) in [5.74, 6) is 2.15. The van der Waals surface area contributed by atoms with Crippen LogP contribution in [0.15, 0.2) is 66.7 Å². The molecule has 3 aromatic carbocycles.